The lowest BCUT2D eigenvalue weighted by Crippen LogP contribution is -2.31. The van der Waals surface area contributed by atoms with E-state index in [1.54, 1.807) is 6.92 Å². The lowest BCUT2D eigenvalue weighted by atomic mass is 10.1. The number of hydrogen-bond donors (Lipinski definition) is 0. The van der Waals surface area contributed by atoms with E-state index in [9.17, 15) is 19.3 Å². The van der Waals surface area contributed by atoms with Gasteiger partial charge in [-0.05, 0) is 19.1 Å². The second-order valence-corrected chi connectivity index (χ2v) is 3.40. The zero-order valence-corrected chi connectivity index (χ0v) is 9.59. The van der Waals surface area contributed by atoms with Crippen molar-refractivity contribution in [3.8, 4) is 6.07 Å². The van der Waals surface area contributed by atoms with Gasteiger partial charge in [0, 0.05) is 18.2 Å². The van der Waals surface area contributed by atoms with E-state index in [2.05, 4.69) is 0 Å². The largest absolute Gasteiger partial charge is 0.326 e. The molecule has 94 valence electrons. The number of carbonyl (C=O) groups is 1. The molecule has 1 rings (SSSR count). The zero-order chi connectivity index (χ0) is 13.7. The molecule has 0 aliphatic heterocycles. The molecule has 1 amide bonds. The summed E-state index contributed by atoms with van der Waals surface area (Å²) in [5.74, 6) is -1.54. The quantitative estimate of drug-likeness (QED) is 0.463. The van der Waals surface area contributed by atoms with Crippen LogP contribution in [0, 0.1) is 27.3 Å². The molecule has 7 heteroatoms. The van der Waals surface area contributed by atoms with E-state index in [4.69, 9.17) is 5.26 Å². The van der Waals surface area contributed by atoms with Crippen molar-refractivity contribution >= 4 is 11.6 Å². The van der Waals surface area contributed by atoms with Crippen LogP contribution >= 0.6 is 0 Å². The van der Waals surface area contributed by atoms with Crippen LogP contribution < -0.4 is 0 Å². The van der Waals surface area contributed by atoms with Gasteiger partial charge < -0.3 is 4.90 Å². The number of halogens is 1. The molecule has 0 saturated carbocycles. The van der Waals surface area contributed by atoms with Crippen molar-refractivity contribution in [1.29, 1.82) is 5.26 Å². The van der Waals surface area contributed by atoms with Gasteiger partial charge in [-0.2, -0.15) is 9.65 Å². The molecule has 1 aromatic carbocycles. The first-order valence-electron chi connectivity index (χ1n) is 5.11. The first-order chi connectivity index (χ1) is 8.51. The number of nitro benzene ring substituents is 1. The van der Waals surface area contributed by atoms with E-state index in [1.807, 2.05) is 6.07 Å². The third kappa shape index (κ3) is 2.79. The van der Waals surface area contributed by atoms with Crippen LogP contribution in [-0.2, 0) is 0 Å². The van der Waals surface area contributed by atoms with Crippen LogP contribution in [0.4, 0.5) is 10.1 Å². The number of rotatable bonds is 4. The second-order valence-electron chi connectivity index (χ2n) is 3.40. The molecule has 0 aliphatic carbocycles. The fraction of sp³-hybridized carbons (Fsp3) is 0.273. The summed E-state index contributed by atoms with van der Waals surface area (Å²) in [6, 6.07) is 4.71. The highest BCUT2D eigenvalue weighted by atomic mass is 19.1. The number of nitro groups is 1. The lowest BCUT2D eigenvalue weighted by molar-refractivity contribution is -0.387. The summed E-state index contributed by atoms with van der Waals surface area (Å²) >= 11 is 0. The maximum atomic E-state index is 13.1. The van der Waals surface area contributed by atoms with Crippen LogP contribution in [0.25, 0.3) is 0 Å². The highest BCUT2D eigenvalue weighted by Gasteiger charge is 2.20. The van der Waals surface area contributed by atoms with Crippen LogP contribution in [0.5, 0.6) is 0 Å². The molecule has 18 heavy (non-hydrogen) atoms. The monoisotopic (exact) mass is 251 g/mol. The molecule has 0 heterocycles. The first kappa shape index (κ1) is 13.6. The predicted molar refractivity (Wildman–Crippen MR) is 60.2 cm³/mol. The summed E-state index contributed by atoms with van der Waals surface area (Å²) in [6.07, 6.45) is 0. The lowest BCUT2D eigenvalue weighted by Gasteiger charge is -2.16. The molecule has 0 aromatic heterocycles. The molecule has 0 N–H and O–H groups in total. The van der Waals surface area contributed by atoms with Crippen molar-refractivity contribution in [3.05, 3.63) is 39.7 Å². The summed E-state index contributed by atoms with van der Waals surface area (Å²) in [5, 5.41) is 19.1. The van der Waals surface area contributed by atoms with Gasteiger partial charge >= 0.3 is 5.69 Å². The minimum atomic E-state index is -1.00. The van der Waals surface area contributed by atoms with Crippen LogP contribution in [-0.4, -0.2) is 28.8 Å². The zero-order valence-electron chi connectivity index (χ0n) is 9.59. The Hall–Kier alpha value is -2.49. The Morgan fingerprint density at radius 1 is 1.61 bits per heavy atom. The number of nitrogens with zero attached hydrogens (tertiary/aromatic N) is 3. The van der Waals surface area contributed by atoms with E-state index in [-0.39, 0.29) is 18.7 Å². The Bertz CT molecular complexity index is 525. The topological polar surface area (TPSA) is 87.2 Å². The highest BCUT2D eigenvalue weighted by molar-refractivity contribution is 5.95. The first-order valence-corrected chi connectivity index (χ1v) is 5.11. The van der Waals surface area contributed by atoms with Crippen LogP contribution in [0.3, 0.4) is 0 Å². The number of benzene rings is 1. The molecule has 0 fully saturated rings. The average Bonchev–Trinajstić information content (AvgIpc) is 2.35. The number of carbonyl (C=O) groups excluding carboxylic acids is 1. The Morgan fingerprint density at radius 3 is 2.78 bits per heavy atom. The smallest absolute Gasteiger partial charge is 0.305 e. The maximum absolute atomic E-state index is 13.1. The van der Waals surface area contributed by atoms with Crippen molar-refractivity contribution in [2.45, 2.75) is 6.92 Å². The van der Waals surface area contributed by atoms with Crippen LogP contribution in [0.1, 0.15) is 17.3 Å². The van der Waals surface area contributed by atoms with E-state index < -0.39 is 22.3 Å². The standard InChI is InChI=1S/C11H10FN3O3/c1-2-14(6-5-13)11(16)8-3-4-9(12)10(7-8)15(17)18/h3-4,7H,2,6H2,1H3. The van der Waals surface area contributed by atoms with E-state index >= 15 is 0 Å². The Kier molecular flexibility index (Phi) is 4.32. The minimum absolute atomic E-state index is 0.0137. The van der Waals surface area contributed by atoms with Gasteiger partial charge in [-0.15, -0.1) is 0 Å². The third-order valence-electron chi connectivity index (χ3n) is 2.32. The SMILES string of the molecule is CCN(CC#N)C(=O)c1ccc(F)c([N+](=O)[O-])c1. The van der Waals surface area contributed by atoms with Crippen molar-refractivity contribution in [3.63, 3.8) is 0 Å². The van der Waals surface area contributed by atoms with Gasteiger partial charge in [0.25, 0.3) is 5.91 Å². The normalized spacial score (nSPS) is 9.61. The maximum Gasteiger partial charge on any atom is 0.305 e. The molecule has 0 bridgehead atoms. The number of hydrogen-bond acceptors (Lipinski definition) is 4. The molecule has 0 spiro atoms. The molecule has 0 aliphatic rings. The Labute approximate surface area is 102 Å². The molecule has 1 aromatic rings. The van der Waals surface area contributed by atoms with Gasteiger partial charge in [-0.3, -0.25) is 14.9 Å². The summed E-state index contributed by atoms with van der Waals surface area (Å²) in [6.45, 7) is 1.84. The van der Waals surface area contributed by atoms with Crippen molar-refractivity contribution in [1.82, 2.24) is 4.90 Å². The van der Waals surface area contributed by atoms with Gasteiger partial charge in [0.1, 0.15) is 6.54 Å². The summed E-state index contributed by atoms with van der Waals surface area (Å²) < 4.78 is 13.1. The fourth-order valence-corrected chi connectivity index (χ4v) is 1.38. The van der Waals surface area contributed by atoms with E-state index in [0.29, 0.717) is 0 Å². The number of nitriles is 1. The van der Waals surface area contributed by atoms with Gasteiger partial charge in [0.05, 0.1) is 11.0 Å². The van der Waals surface area contributed by atoms with Gasteiger partial charge in [-0.1, -0.05) is 0 Å². The average molecular weight is 251 g/mol. The van der Waals surface area contributed by atoms with Gasteiger partial charge in [-0.25, -0.2) is 0 Å². The van der Waals surface area contributed by atoms with Crippen LogP contribution in [0.2, 0.25) is 0 Å². The molecule has 0 unspecified atom stereocenters. The van der Waals surface area contributed by atoms with Crippen molar-refractivity contribution in [2.24, 2.45) is 0 Å². The number of amides is 1. The second kappa shape index (κ2) is 5.72. The minimum Gasteiger partial charge on any atom is -0.326 e. The summed E-state index contributed by atoms with van der Waals surface area (Å²) in [5.41, 5.74) is -0.769. The van der Waals surface area contributed by atoms with Gasteiger partial charge in [0.2, 0.25) is 5.82 Å². The van der Waals surface area contributed by atoms with E-state index in [1.165, 1.54) is 4.90 Å². The molecule has 0 radical (unpaired) electrons. The molecular formula is C11H10FN3O3. The summed E-state index contributed by atoms with van der Waals surface area (Å²) in [7, 11) is 0. The van der Waals surface area contributed by atoms with E-state index in [0.717, 1.165) is 18.2 Å². The predicted octanol–water partition coefficient (Wildman–Crippen LogP) is 1.72. The molecule has 0 atom stereocenters. The Balaban J connectivity index is 3.11. The van der Waals surface area contributed by atoms with Crippen molar-refractivity contribution in [2.75, 3.05) is 13.1 Å². The van der Waals surface area contributed by atoms with Crippen molar-refractivity contribution < 1.29 is 14.1 Å². The Morgan fingerprint density at radius 2 is 2.28 bits per heavy atom. The highest BCUT2D eigenvalue weighted by Crippen LogP contribution is 2.19. The fourth-order valence-electron chi connectivity index (χ4n) is 1.38. The summed E-state index contributed by atoms with van der Waals surface area (Å²) in [4.78, 5) is 22.7. The van der Waals surface area contributed by atoms with Crippen LogP contribution in [0.15, 0.2) is 18.2 Å². The molecular weight excluding hydrogens is 241 g/mol. The molecule has 6 nitrogen and oxygen atoms in total. The van der Waals surface area contributed by atoms with Gasteiger partial charge in [0.15, 0.2) is 0 Å². The third-order valence-corrected chi connectivity index (χ3v) is 2.32. The molecule has 0 saturated heterocycles.